The van der Waals surface area contributed by atoms with Crippen LogP contribution in [-0.2, 0) is 4.74 Å². The van der Waals surface area contributed by atoms with E-state index >= 15 is 0 Å². The molecule has 3 atom stereocenters. The van der Waals surface area contributed by atoms with Crippen molar-refractivity contribution in [3.8, 4) is 0 Å². The van der Waals surface area contributed by atoms with Gasteiger partial charge in [0.1, 0.15) is 0 Å². The van der Waals surface area contributed by atoms with Gasteiger partial charge in [-0.2, -0.15) is 0 Å². The van der Waals surface area contributed by atoms with Crippen LogP contribution in [0, 0.1) is 5.92 Å². The molecule has 17 heavy (non-hydrogen) atoms. The zero-order valence-electron chi connectivity index (χ0n) is 12.2. The van der Waals surface area contributed by atoms with Gasteiger partial charge in [-0.15, -0.1) is 0 Å². The van der Waals surface area contributed by atoms with Crippen LogP contribution >= 0.6 is 0 Å². The van der Waals surface area contributed by atoms with Crippen LogP contribution in [0.5, 0.6) is 0 Å². The Morgan fingerprint density at radius 1 is 1.29 bits per heavy atom. The SMILES string of the molecule is COC1CCCN(C(C)C(C)CNC(C)C)C1. The normalized spacial score (nSPS) is 26.1. The molecule has 0 amide bonds. The Morgan fingerprint density at radius 3 is 2.59 bits per heavy atom. The number of ether oxygens (including phenoxy) is 1. The van der Waals surface area contributed by atoms with Gasteiger partial charge in [-0.3, -0.25) is 4.90 Å². The predicted molar refractivity (Wildman–Crippen MR) is 73.4 cm³/mol. The molecule has 3 nitrogen and oxygen atoms in total. The highest BCUT2D eigenvalue weighted by atomic mass is 16.5. The molecule has 0 aromatic rings. The fraction of sp³-hybridized carbons (Fsp3) is 1.00. The molecule has 1 rings (SSSR count). The van der Waals surface area contributed by atoms with Crippen LogP contribution in [0.15, 0.2) is 0 Å². The molecule has 3 unspecified atom stereocenters. The van der Waals surface area contributed by atoms with E-state index in [1.54, 1.807) is 0 Å². The summed E-state index contributed by atoms with van der Waals surface area (Å²) in [4.78, 5) is 2.59. The monoisotopic (exact) mass is 242 g/mol. The highest BCUT2D eigenvalue weighted by Gasteiger charge is 2.26. The number of rotatable bonds is 6. The molecule has 1 N–H and O–H groups in total. The lowest BCUT2D eigenvalue weighted by atomic mass is 9.98. The van der Waals surface area contributed by atoms with Crippen molar-refractivity contribution in [2.75, 3.05) is 26.7 Å². The molecule has 1 saturated heterocycles. The second-order valence-electron chi connectivity index (χ2n) is 5.78. The second kappa shape index (κ2) is 7.34. The van der Waals surface area contributed by atoms with E-state index in [0.29, 0.717) is 24.1 Å². The number of piperidine rings is 1. The highest BCUT2D eigenvalue weighted by Crippen LogP contribution is 2.18. The summed E-state index contributed by atoms with van der Waals surface area (Å²) in [7, 11) is 1.84. The summed E-state index contributed by atoms with van der Waals surface area (Å²) in [6, 6.07) is 1.22. The van der Waals surface area contributed by atoms with Crippen LogP contribution in [0.4, 0.5) is 0 Å². The van der Waals surface area contributed by atoms with Crippen LogP contribution in [0.3, 0.4) is 0 Å². The zero-order valence-corrected chi connectivity index (χ0v) is 12.2. The molecular formula is C14H30N2O. The summed E-state index contributed by atoms with van der Waals surface area (Å²) in [5, 5.41) is 3.53. The van der Waals surface area contributed by atoms with Crippen LogP contribution < -0.4 is 5.32 Å². The van der Waals surface area contributed by atoms with Gasteiger partial charge in [0.25, 0.3) is 0 Å². The number of likely N-dealkylation sites (tertiary alicyclic amines) is 1. The number of hydrogen-bond donors (Lipinski definition) is 1. The quantitative estimate of drug-likeness (QED) is 0.772. The minimum atomic E-state index is 0.441. The minimum absolute atomic E-state index is 0.441. The fourth-order valence-electron chi connectivity index (χ4n) is 2.48. The predicted octanol–water partition coefficient (Wildman–Crippen LogP) is 2.12. The van der Waals surface area contributed by atoms with Crippen LogP contribution in [-0.4, -0.2) is 49.8 Å². The Kier molecular flexibility index (Phi) is 6.45. The molecular weight excluding hydrogens is 212 g/mol. The van der Waals surface area contributed by atoms with Crippen LogP contribution in [0.25, 0.3) is 0 Å². The van der Waals surface area contributed by atoms with Gasteiger partial charge in [0.15, 0.2) is 0 Å². The summed E-state index contributed by atoms with van der Waals surface area (Å²) in [5.41, 5.74) is 0. The van der Waals surface area contributed by atoms with Crippen LogP contribution in [0.2, 0.25) is 0 Å². The van der Waals surface area contributed by atoms with E-state index in [2.05, 4.69) is 37.9 Å². The van der Waals surface area contributed by atoms with Gasteiger partial charge in [-0.1, -0.05) is 20.8 Å². The lowest BCUT2D eigenvalue weighted by Crippen LogP contribution is -2.48. The van der Waals surface area contributed by atoms with E-state index in [-0.39, 0.29) is 0 Å². The van der Waals surface area contributed by atoms with Gasteiger partial charge >= 0.3 is 0 Å². The van der Waals surface area contributed by atoms with Gasteiger partial charge in [0.2, 0.25) is 0 Å². The maximum Gasteiger partial charge on any atom is 0.0698 e. The van der Waals surface area contributed by atoms with Gasteiger partial charge in [0.05, 0.1) is 6.10 Å². The molecule has 1 fully saturated rings. The summed E-state index contributed by atoms with van der Waals surface area (Å²) >= 11 is 0. The molecule has 0 aromatic carbocycles. The first-order valence-corrected chi connectivity index (χ1v) is 7.04. The maximum atomic E-state index is 5.49. The molecule has 1 aliphatic heterocycles. The maximum absolute atomic E-state index is 5.49. The van der Waals surface area contributed by atoms with E-state index in [9.17, 15) is 0 Å². The summed E-state index contributed by atoms with van der Waals surface area (Å²) in [6.45, 7) is 12.5. The molecule has 0 bridgehead atoms. The Hall–Kier alpha value is -0.120. The van der Waals surface area contributed by atoms with Crippen molar-refractivity contribution in [3.05, 3.63) is 0 Å². The number of methoxy groups -OCH3 is 1. The Balaban J connectivity index is 2.36. The van der Waals surface area contributed by atoms with Crippen molar-refractivity contribution in [2.24, 2.45) is 5.92 Å². The topological polar surface area (TPSA) is 24.5 Å². The highest BCUT2D eigenvalue weighted by molar-refractivity contribution is 4.81. The van der Waals surface area contributed by atoms with E-state index < -0.39 is 0 Å². The first-order chi connectivity index (χ1) is 8.04. The molecule has 1 aliphatic rings. The number of nitrogens with zero attached hydrogens (tertiary/aromatic N) is 1. The van der Waals surface area contributed by atoms with E-state index in [0.717, 1.165) is 13.1 Å². The Morgan fingerprint density at radius 2 is 2.00 bits per heavy atom. The van der Waals surface area contributed by atoms with Crippen molar-refractivity contribution in [1.82, 2.24) is 10.2 Å². The van der Waals surface area contributed by atoms with E-state index in [4.69, 9.17) is 4.74 Å². The molecule has 0 saturated carbocycles. The molecule has 0 spiro atoms. The lowest BCUT2D eigenvalue weighted by Gasteiger charge is -2.39. The van der Waals surface area contributed by atoms with Crippen molar-refractivity contribution in [1.29, 1.82) is 0 Å². The van der Waals surface area contributed by atoms with Gasteiger partial charge in [-0.25, -0.2) is 0 Å². The Labute approximate surface area is 107 Å². The van der Waals surface area contributed by atoms with Gasteiger partial charge in [-0.05, 0) is 38.8 Å². The standard InChI is InChI=1S/C14H30N2O/c1-11(2)15-9-12(3)13(4)16-8-6-7-14(10-16)17-5/h11-15H,6-10H2,1-5H3. The third-order valence-electron chi connectivity index (χ3n) is 3.99. The molecule has 102 valence electrons. The average Bonchev–Trinajstić information content (AvgIpc) is 2.35. The average molecular weight is 242 g/mol. The van der Waals surface area contributed by atoms with E-state index in [1.807, 2.05) is 7.11 Å². The third kappa shape index (κ3) is 4.94. The van der Waals surface area contributed by atoms with Gasteiger partial charge in [0, 0.05) is 25.7 Å². The summed E-state index contributed by atoms with van der Waals surface area (Å²) in [6.07, 6.45) is 2.93. The third-order valence-corrected chi connectivity index (χ3v) is 3.99. The minimum Gasteiger partial charge on any atom is -0.380 e. The molecule has 0 aromatic heterocycles. The van der Waals surface area contributed by atoms with Gasteiger partial charge < -0.3 is 10.1 Å². The fourth-order valence-corrected chi connectivity index (χ4v) is 2.48. The smallest absolute Gasteiger partial charge is 0.0698 e. The van der Waals surface area contributed by atoms with E-state index in [1.165, 1.54) is 19.4 Å². The Bertz CT molecular complexity index is 208. The molecule has 0 radical (unpaired) electrons. The molecule has 1 heterocycles. The summed E-state index contributed by atoms with van der Waals surface area (Å²) < 4.78 is 5.49. The molecule has 3 heteroatoms. The lowest BCUT2D eigenvalue weighted by molar-refractivity contribution is 0.00814. The van der Waals surface area contributed by atoms with Crippen molar-refractivity contribution >= 4 is 0 Å². The van der Waals surface area contributed by atoms with Crippen LogP contribution in [0.1, 0.15) is 40.5 Å². The first kappa shape index (κ1) is 14.9. The van der Waals surface area contributed by atoms with Crippen molar-refractivity contribution < 1.29 is 4.74 Å². The molecule has 0 aliphatic carbocycles. The summed E-state index contributed by atoms with van der Waals surface area (Å²) in [5.74, 6) is 0.688. The number of hydrogen-bond acceptors (Lipinski definition) is 3. The number of nitrogens with one attached hydrogen (secondary N) is 1. The largest absolute Gasteiger partial charge is 0.380 e. The van der Waals surface area contributed by atoms with Crippen molar-refractivity contribution in [3.63, 3.8) is 0 Å². The zero-order chi connectivity index (χ0) is 12.8. The first-order valence-electron chi connectivity index (χ1n) is 7.04. The van der Waals surface area contributed by atoms with Crippen molar-refractivity contribution in [2.45, 2.75) is 58.7 Å². The second-order valence-corrected chi connectivity index (χ2v) is 5.78.